The van der Waals surface area contributed by atoms with Crippen LogP contribution in [0.15, 0.2) is 18.2 Å². The number of aliphatic hydroxyl groups excluding tert-OH is 1. The summed E-state index contributed by atoms with van der Waals surface area (Å²) in [6.45, 7) is 2.69. The zero-order valence-corrected chi connectivity index (χ0v) is 10.8. The smallest absolute Gasteiger partial charge is 0.0471 e. The molecule has 0 radical (unpaired) electrons. The van der Waals surface area contributed by atoms with E-state index in [9.17, 15) is 0 Å². The minimum Gasteiger partial charge on any atom is -0.396 e. The molecule has 0 saturated heterocycles. The van der Waals surface area contributed by atoms with Gasteiger partial charge in [-0.2, -0.15) is 0 Å². The quantitative estimate of drug-likeness (QED) is 0.856. The summed E-state index contributed by atoms with van der Waals surface area (Å²) < 4.78 is 0. The van der Waals surface area contributed by atoms with Crippen LogP contribution in [-0.2, 0) is 0 Å². The number of hydrogen-bond donors (Lipinski definition) is 2. The molecule has 0 spiro atoms. The summed E-state index contributed by atoms with van der Waals surface area (Å²) in [7, 11) is 0. The molecule has 0 aromatic heterocycles. The minimum atomic E-state index is 0.117. The van der Waals surface area contributed by atoms with Crippen LogP contribution in [0.2, 0.25) is 10.0 Å². The van der Waals surface area contributed by atoms with Gasteiger partial charge < -0.3 is 10.8 Å². The molecule has 0 aliphatic heterocycles. The third kappa shape index (κ3) is 3.63. The Morgan fingerprint density at radius 3 is 2.56 bits per heavy atom. The standard InChI is InChI=1S/C12H17Cl2NO/c1-8(4-9(6-15)7-16)11-3-2-10(13)5-12(11)14/h2-3,5,8-9,16H,4,6-7,15H2,1H3. The van der Waals surface area contributed by atoms with Gasteiger partial charge in [-0.25, -0.2) is 0 Å². The Kier molecular flexibility index (Phi) is 5.56. The van der Waals surface area contributed by atoms with Gasteiger partial charge in [0.15, 0.2) is 0 Å². The van der Waals surface area contributed by atoms with E-state index in [2.05, 4.69) is 6.92 Å². The van der Waals surface area contributed by atoms with Crippen molar-refractivity contribution in [2.24, 2.45) is 11.7 Å². The molecule has 16 heavy (non-hydrogen) atoms. The number of nitrogens with two attached hydrogens (primary N) is 1. The number of hydrogen-bond acceptors (Lipinski definition) is 2. The summed E-state index contributed by atoms with van der Waals surface area (Å²) >= 11 is 12.0. The fourth-order valence-corrected chi connectivity index (χ4v) is 2.37. The van der Waals surface area contributed by atoms with E-state index < -0.39 is 0 Å². The van der Waals surface area contributed by atoms with Gasteiger partial charge in [0.05, 0.1) is 0 Å². The minimum absolute atomic E-state index is 0.117. The molecular formula is C12H17Cl2NO. The van der Waals surface area contributed by atoms with Gasteiger partial charge in [0.25, 0.3) is 0 Å². The molecule has 0 fully saturated rings. The Morgan fingerprint density at radius 1 is 1.38 bits per heavy atom. The zero-order chi connectivity index (χ0) is 12.1. The van der Waals surface area contributed by atoms with Crippen LogP contribution in [-0.4, -0.2) is 18.3 Å². The van der Waals surface area contributed by atoms with E-state index in [1.54, 1.807) is 6.07 Å². The highest BCUT2D eigenvalue weighted by Gasteiger charge is 2.15. The predicted octanol–water partition coefficient (Wildman–Crippen LogP) is 3.05. The molecule has 1 aromatic rings. The van der Waals surface area contributed by atoms with E-state index in [4.69, 9.17) is 34.0 Å². The lowest BCUT2D eigenvalue weighted by Crippen LogP contribution is -2.20. The van der Waals surface area contributed by atoms with Crippen molar-refractivity contribution in [1.29, 1.82) is 0 Å². The third-order valence-electron chi connectivity index (χ3n) is 2.77. The lowest BCUT2D eigenvalue weighted by atomic mass is 9.90. The monoisotopic (exact) mass is 261 g/mol. The van der Waals surface area contributed by atoms with Crippen LogP contribution in [0.5, 0.6) is 0 Å². The van der Waals surface area contributed by atoms with Crippen molar-refractivity contribution in [3.63, 3.8) is 0 Å². The Morgan fingerprint density at radius 2 is 2.06 bits per heavy atom. The second-order valence-electron chi connectivity index (χ2n) is 4.09. The fraction of sp³-hybridized carbons (Fsp3) is 0.500. The van der Waals surface area contributed by atoms with Crippen molar-refractivity contribution in [2.75, 3.05) is 13.2 Å². The van der Waals surface area contributed by atoms with Crippen LogP contribution in [0, 0.1) is 5.92 Å². The maximum absolute atomic E-state index is 9.10. The summed E-state index contributed by atoms with van der Waals surface area (Å²) in [6, 6.07) is 5.50. The van der Waals surface area contributed by atoms with Crippen molar-refractivity contribution in [2.45, 2.75) is 19.3 Å². The van der Waals surface area contributed by atoms with Gasteiger partial charge in [0.2, 0.25) is 0 Å². The van der Waals surface area contributed by atoms with Gasteiger partial charge in [-0.05, 0) is 42.5 Å². The summed E-state index contributed by atoms with van der Waals surface area (Å²) in [5.41, 5.74) is 6.61. The number of rotatable bonds is 5. The second-order valence-corrected chi connectivity index (χ2v) is 4.93. The lowest BCUT2D eigenvalue weighted by Gasteiger charge is -2.19. The highest BCUT2D eigenvalue weighted by Crippen LogP contribution is 2.30. The van der Waals surface area contributed by atoms with Gasteiger partial charge in [0.1, 0.15) is 0 Å². The third-order valence-corrected chi connectivity index (χ3v) is 3.33. The van der Waals surface area contributed by atoms with Crippen LogP contribution >= 0.6 is 23.2 Å². The van der Waals surface area contributed by atoms with Crippen molar-refractivity contribution in [3.8, 4) is 0 Å². The largest absolute Gasteiger partial charge is 0.396 e. The van der Waals surface area contributed by atoms with Crippen molar-refractivity contribution in [3.05, 3.63) is 33.8 Å². The lowest BCUT2D eigenvalue weighted by molar-refractivity contribution is 0.217. The van der Waals surface area contributed by atoms with Gasteiger partial charge in [-0.1, -0.05) is 36.2 Å². The average Bonchev–Trinajstić information content (AvgIpc) is 2.25. The van der Waals surface area contributed by atoms with Crippen molar-refractivity contribution >= 4 is 23.2 Å². The van der Waals surface area contributed by atoms with Gasteiger partial charge in [-0.15, -0.1) is 0 Å². The summed E-state index contributed by atoms with van der Waals surface area (Å²) in [6.07, 6.45) is 0.828. The molecule has 90 valence electrons. The number of benzene rings is 1. The van der Waals surface area contributed by atoms with E-state index in [1.807, 2.05) is 12.1 Å². The highest BCUT2D eigenvalue weighted by atomic mass is 35.5. The predicted molar refractivity (Wildman–Crippen MR) is 69.1 cm³/mol. The normalized spacial score (nSPS) is 14.8. The van der Waals surface area contributed by atoms with Gasteiger partial charge in [-0.3, -0.25) is 0 Å². The molecule has 0 amide bonds. The molecule has 1 aromatic carbocycles. The van der Waals surface area contributed by atoms with Gasteiger partial charge >= 0.3 is 0 Å². The molecule has 1 rings (SSSR count). The Labute approximate surface area is 106 Å². The van der Waals surface area contributed by atoms with Crippen LogP contribution < -0.4 is 5.73 Å². The maximum atomic E-state index is 9.10. The molecule has 0 aliphatic carbocycles. The first-order valence-electron chi connectivity index (χ1n) is 5.34. The number of halogens is 2. The number of aliphatic hydroxyl groups is 1. The first-order valence-corrected chi connectivity index (χ1v) is 6.10. The SMILES string of the molecule is CC(CC(CN)CO)c1ccc(Cl)cc1Cl. The molecule has 4 heteroatoms. The summed E-state index contributed by atoms with van der Waals surface area (Å²) in [5.74, 6) is 0.396. The van der Waals surface area contributed by atoms with Gasteiger partial charge in [0, 0.05) is 16.7 Å². The van der Waals surface area contributed by atoms with Crippen molar-refractivity contribution < 1.29 is 5.11 Å². The fourth-order valence-electron chi connectivity index (χ4n) is 1.77. The average molecular weight is 262 g/mol. The second kappa shape index (κ2) is 6.45. The topological polar surface area (TPSA) is 46.2 Å². The van der Waals surface area contributed by atoms with E-state index in [0.29, 0.717) is 16.6 Å². The van der Waals surface area contributed by atoms with E-state index in [0.717, 1.165) is 12.0 Å². The molecule has 2 atom stereocenters. The first-order chi connectivity index (χ1) is 7.58. The Balaban J connectivity index is 2.76. The van der Waals surface area contributed by atoms with Crippen LogP contribution in [0.3, 0.4) is 0 Å². The highest BCUT2D eigenvalue weighted by molar-refractivity contribution is 6.35. The Bertz CT molecular complexity index is 340. The molecule has 0 saturated carbocycles. The molecule has 0 bridgehead atoms. The van der Waals surface area contributed by atoms with Crippen LogP contribution in [0.25, 0.3) is 0 Å². The first kappa shape index (κ1) is 13.8. The molecular weight excluding hydrogens is 245 g/mol. The summed E-state index contributed by atoms with van der Waals surface area (Å²) in [4.78, 5) is 0. The molecule has 0 heterocycles. The Hall–Kier alpha value is -0.280. The molecule has 2 unspecified atom stereocenters. The van der Waals surface area contributed by atoms with E-state index in [-0.39, 0.29) is 18.4 Å². The van der Waals surface area contributed by atoms with Crippen LogP contribution in [0.4, 0.5) is 0 Å². The van der Waals surface area contributed by atoms with E-state index >= 15 is 0 Å². The van der Waals surface area contributed by atoms with E-state index in [1.165, 1.54) is 0 Å². The molecule has 2 nitrogen and oxygen atoms in total. The zero-order valence-electron chi connectivity index (χ0n) is 9.29. The maximum Gasteiger partial charge on any atom is 0.0471 e. The summed E-state index contributed by atoms with van der Waals surface area (Å²) in [5, 5.41) is 10.4. The van der Waals surface area contributed by atoms with Crippen molar-refractivity contribution in [1.82, 2.24) is 0 Å². The van der Waals surface area contributed by atoms with Crippen LogP contribution in [0.1, 0.15) is 24.8 Å². The molecule has 0 aliphatic rings. The molecule has 3 N–H and O–H groups in total.